The zero-order valence-corrected chi connectivity index (χ0v) is 15.1. The van der Waals surface area contributed by atoms with Gasteiger partial charge in [0.15, 0.2) is 0 Å². The second-order valence-electron chi connectivity index (χ2n) is 5.92. The summed E-state index contributed by atoms with van der Waals surface area (Å²) in [4.78, 5) is 25.0. The van der Waals surface area contributed by atoms with Gasteiger partial charge >= 0.3 is 0 Å². The number of amides is 2. The van der Waals surface area contributed by atoms with Crippen LogP contribution < -0.4 is 15.4 Å². The third-order valence-corrected chi connectivity index (χ3v) is 3.92. The van der Waals surface area contributed by atoms with E-state index < -0.39 is 6.04 Å². The number of ether oxygens (including phenoxy) is 1. The molecule has 0 unspecified atom stereocenters. The predicted molar refractivity (Wildman–Crippen MR) is 99.2 cm³/mol. The van der Waals surface area contributed by atoms with Crippen molar-refractivity contribution in [3.63, 3.8) is 0 Å². The van der Waals surface area contributed by atoms with E-state index in [1.807, 2.05) is 13.8 Å². The molecule has 5 nitrogen and oxygen atoms in total. The molecule has 25 heavy (non-hydrogen) atoms. The number of methoxy groups -OCH3 is 1. The fourth-order valence-electron chi connectivity index (χ4n) is 2.29. The number of halogens is 1. The first-order chi connectivity index (χ1) is 11.9. The average Bonchev–Trinajstić information content (AvgIpc) is 2.59. The number of anilines is 1. The van der Waals surface area contributed by atoms with Crippen molar-refractivity contribution in [2.45, 2.75) is 19.9 Å². The molecular formula is C19H21ClN2O3. The molecule has 0 saturated carbocycles. The molecule has 2 aromatic carbocycles. The second kappa shape index (κ2) is 8.53. The lowest BCUT2D eigenvalue weighted by Gasteiger charge is -2.22. The number of carbonyl (C=O) groups is 2. The van der Waals surface area contributed by atoms with Gasteiger partial charge in [0.2, 0.25) is 5.91 Å². The topological polar surface area (TPSA) is 67.4 Å². The SMILES string of the molecule is COc1ccc(C(=O)N[C@H](C(=O)Nc2cccc(Cl)c2)C(C)C)cc1. The van der Waals surface area contributed by atoms with E-state index in [2.05, 4.69) is 10.6 Å². The van der Waals surface area contributed by atoms with Gasteiger partial charge in [-0.2, -0.15) is 0 Å². The molecule has 0 aliphatic heterocycles. The Kier molecular flexibility index (Phi) is 6.42. The number of hydrogen-bond donors (Lipinski definition) is 2. The predicted octanol–water partition coefficient (Wildman–Crippen LogP) is 3.74. The van der Waals surface area contributed by atoms with Gasteiger partial charge < -0.3 is 15.4 Å². The molecule has 0 heterocycles. The zero-order valence-electron chi connectivity index (χ0n) is 14.4. The van der Waals surface area contributed by atoms with Crippen LogP contribution in [-0.4, -0.2) is 25.0 Å². The Labute approximate surface area is 152 Å². The first-order valence-electron chi connectivity index (χ1n) is 7.92. The van der Waals surface area contributed by atoms with E-state index in [0.717, 1.165) is 0 Å². The van der Waals surface area contributed by atoms with Crippen LogP contribution in [0.2, 0.25) is 5.02 Å². The number of rotatable bonds is 6. The van der Waals surface area contributed by atoms with E-state index in [9.17, 15) is 9.59 Å². The van der Waals surface area contributed by atoms with E-state index in [1.165, 1.54) is 0 Å². The summed E-state index contributed by atoms with van der Waals surface area (Å²) >= 11 is 5.93. The Morgan fingerprint density at radius 1 is 1.08 bits per heavy atom. The van der Waals surface area contributed by atoms with Crippen molar-refractivity contribution in [3.05, 3.63) is 59.1 Å². The molecule has 0 aliphatic rings. The van der Waals surface area contributed by atoms with Crippen molar-refractivity contribution >= 4 is 29.1 Å². The summed E-state index contributed by atoms with van der Waals surface area (Å²) in [5.74, 6) is -0.0289. The summed E-state index contributed by atoms with van der Waals surface area (Å²) in [6.45, 7) is 3.74. The molecule has 0 fully saturated rings. The minimum absolute atomic E-state index is 0.0821. The van der Waals surface area contributed by atoms with Crippen LogP contribution in [0.5, 0.6) is 5.75 Å². The minimum atomic E-state index is -0.673. The first kappa shape index (κ1) is 18.8. The van der Waals surface area contributed by atoms with Gasteiger partial charge in [0.05, 0.1) is 7.11 Å². The number of nitrogens with one attached hydrogen (secondary N) is 2. The number of benzene rings is 2. The van der Waals surface area contributed by atoms with Crippen molar-refractivity contribution in [2.24, 2.45) is 5.92 Å². The van der Waals surface area contributed by atoms with Gasteiger partial charge in [0, 0.05) is 16.3 Å². The number of hydrogen-bond acceptors (Lipinski definition) is 3. The zero-order chi connectivity index (χ0) is 18.4. The Morgan fingerprint density at radius 3 is 2.32 bits per heavy atom. The Morgan fingerprint density at radius 2 is 1.76 bits per heavy atom. The van der Waals surface area contributed by atoms with Crippen LogP contribution >= 0.6 is 11.6 Å². The number of carbonyl (C=O) groups excluding carboxylic acids is 2. The van der Waals surface area contributed by atoms with E-state index in [-0.39, 0.29) is 17.7 Å². The van der Waals surface area contributed by atoms with Crippen LogP contribution in [0.3, 0.4) is 0 Å². The lowest BCUT2D eigenvalue weighted by molar-refractivity contribution is -0.118. The molecule has 6 heteroatoms. The van der Waals surface area contributed by atoms with Crippen LogP contribution in [0.1, 0.15) is 24.2 Å². The summed E-state index contributed by atoms with van der Waals surface area (Å²) in [7, 11) is 1.56. The molecule has 0 radical (unpaired) electrons. The molecule has 2 rings (SSSR count). The maximum absolute atomic E-state index is 12.5. The molecule has 2 N–H and O–H groups in total. The lowest BCUT2D eigenvalue weighted by atomic mass is 10.0. The summed E-state index contributed by atoms with van der Waals surface area (Å²) in [6, 6.07) is 12.9. The minimum Gasteiger partial charge on any atom is -0.497 e. The largest absolute Gasteiger partial charge is 0.497 e. The van der Waals surface area contributed by atoms with Crippen LogP contribution in [0.4, 0.5) is 5.69 Å². The van der Waals surface area contributed by atoms with E-state index in [0.29, 0.717) is 22.0 Å². The van der Waals surface area contributed by atoms with Gasteiger partial charge in [-0.15, -0.1) is 0 Å². The molecule has 2 amide bonds. The highest BCUT2D eigenvalue weighted by Crippen LogP contribution is 2.16. The van der Waals surface area contributed by atoms with E-state index in [1.54, 1.807) is 55.6 Å². The van der Waals surface area contributed by atoms with E-state index >= 15 is 0 Å². The van der Waals surface area contributed by atoms with Gasteiger partial charge in [-0.1, -0.05) is 31.5 Å². The van der Waals surface area contributed by atoms with E-state index in [4.69, 9.17) is 16.3 Å². The summed E-state index contributed by atoms with van der Waals surface area (Å²) in [5.41, 5.74) is 1.05. The quantitative estimate of drug-likeness (QED) is 0.824. The molecule has 1 atom stereocenters. The maximum Gasteiger partial charge on any atom is 0.251 e. The molecule has 132 valence electrons. The van der Waals surface area contributed by atoms with Gasteiger partial charge in [0.1, 0.15) is 11.8 Å². The van der Waals surface area contributed by atoms with Gasteiger partial charge in [-0.05, 0) is 48.4 Å². The van der Waals surface area contributed by atoms with Gasteiger partial charge in [-0.3, -0.25) is 9.59 Å². The summed E-state index contributed by atoms with van der Waals surface area (Å²) in [6.07, 6.45) is 0. The standard InChI is InChI=1S/C19H21ClN2O3/c1-12(2)17(19(24)21-15-6-4-5-14(20)11-15)22-18(23)13-7-9-16(25-3)10-8-13/h4-12,17H,1-3H3,(H,21,24)(H,22,23)/t17-/m0/s1. The molecule has 0 aromatic heterocycles. The van der Waals surface area contributed by atoms with Gasteiger partial charge in [0.25, 0.3) is 5.91 Å². The van der Waals surface area contributed by atoms with Crippen LogP contribution in [0, 0.1) is 5.92 Å². The normalized spacial score (nSPS) is 11.7. The third kappa shape index (κ3) is 5.22. The Balaban J connectivity index is 2.08. The summed E-state index contributed by atoms with van der Waals surface area (Å²) in [5, 5.41) is 6.09. The van der Waals surface area contributed by atoms with Crippen LogP contribution in [-0.2, 0) is 4.79 Å². The van der Waals surface area contributed by atoms with Crippen molar-refractivity contribution in [3.8, 4) is 5.75 Å². The monoisotopic (exact) mass is 360 g/mol. The van der Waals surface area contributed by atoms with Crippen LogP contribution in [0.25, 0.3) is 0 Å². The second-order valence-corrected chi connectivity index (χ2v) is 6.36. The first-order valence-corrected chi connectivity index (χ1v) is 8.30. The molecule has 0 aliphatic carbocycles. The maximum atomic E-state index is 12.5. The highest BCUT2D eigenvalue weighted by Gasteiger charge is 2.24. The molecule has 0 bridgehead atoms. The van der Waals surface area contributed by atoms with Crippen molar-refractivity contribution < 1.29 is 14.3 Å². The Bertz CT molecular complexity index is 745. The molecule has 0 spiro atoms. The highest BCUT2D eigenvalue weighted by atomic mass is 35.5. The summed E-state index contributed by atoms with van der Waals surface area (Å²) < 4.78 is 5.08. The van der Waals surface area contributed by atoms with Crippen molar-refractivity contribution in [1.82, 2.24) is 5.32 Å². The fourth-order valence-corrected chi connectivity index (χ4v) is 2.48. The lowest BCUT2D eigenvalue weighted by Crippen LogP contribution is -2.47. The average molecular weight is 361 g/mol. The van der Waals surface area contributed by atoms with Crippen molar-refractivity contribution in [1.29, 1.82) is 0 Å². The third-order valence-electron chi connectivity index (χ3n) is 3.68. The van der Waals surface area contributed by atoms with Gasteiger partial charge in [-0.25, -0.2) is 0 Å². The molecular weight excluding hydrogens is 340 g/mol. The van der Waals surface area contributed by atoms with Crippen molar-refractivity contribution in [2.75, 3.05) is 12.4 Å². The van der Waals surface area contributed by atoms with Crippen LogP contribution in [0.15, 0.2) is 48.5 Å². The highest BCUT2D eigenvalue weighted by molar-refractivity contribution is 6.30. The smallest absolute Gasteiger partial charge is 0.251 e. The Hall–Kier alpha value is -2.53. The molecule has 2 aromatic rings. The fraction of sp³-hybridized carbons (Fsp3) is 0.263. The molecule has 0 saturated heterocycles.